The maximum atomic E-state index is 12.9. The zero-order chi connectivity index (χ0) is 24.6. The molecule has 1 saturated heterocycles. The van der Waals surface area contributed by atoms with Crippen LogP contribution in [0.4, 0.5) is 5.00 Å². The lowest BCUT2D eigenvalue weighted by molar-refractivity contribution is -0.113. The van der Waals surface area contributed by atoms with Crippen molar-refractivity contribution in [1.29, 1.82) is 5.26 Å². The van der Waals surface area contributed by atoms with Gasteiger partial charge in [-0.25, -0.2) is 0 Å². The van der Waals surface area contributed by atoms with E-state index in [1.807, 2.05) is 0 Å². The van der Waals surface area contributed by atoms with Crippen LogP contribution in [-0.2, 0) is 28.9 Å². The second-order valence-electron chi connectivity index (χ2n) is 10.8. The van der Waals surface area contributed by atoms with E-state index in [2.05, 4.69) is 46.9 Å². The maximum Gasteiger partial charge on any atom is 0.235 e. The summed E-state index contributed by atoms with van der Waals surface area (Å²) in [4.78, 5) is 14.2. The summed E-state index contributed by atoms with van der Waals surface area (Å²) in [5, 5.41) is 23.3. The number of thiophene rings is 1. The number of hydrogen-bond donors (Lipinski definition) is 1. The Morgan fingerprint density at radius 3 is 2.83 bits per heavy atom. The number of carbonyl (C=O) groups is 1. The molecule has 1 N–H and O–H groups in total. The van der Waals surface area contributed by atoms with Gasteiger partial charge in [0.05, 0.1) is 24.0 Å². The molecule has 1 amide bonds. The van der Waals surface area contributed by atoms with Crippen molar-refractivity contribution in [2.75, 3.05) is 17.7 Å². The van der Waals surface area contributed by atoms with E-state index >= 15 is 0 Å². The first-order valence-electron chi connectivity index (χ1n) is 12.9. The van der Waals surface area contributed by atoms with Crippen molar-refractivity contribution in [2.45, 2.75) is 95.9 Å². The standard InChI is InChI=1S/C26H35N5O2S2/c1-4-26(2,3)17-9-10-19-20(13-27)24(35-21(19)12-17)28-22(32)15-34-25-30-29-23(16-7-8-16)31(25)14-18-6-5-11-33-18/h16-18H,4-12,14-15H2,1-3H3,(H,28,32). The summed E-state index contributed by atoms with van der Waals surface area (Å²) in [6, 6.07) is 2.37. The van der Waals surface area contributed by atoms with Gasteiger partial charge in [0.25, 0.3) is 0 Å². The van der Waals surface area contributed by atoms with Crippen molar-refractivity contribution in [3.8, 4) is 6.07 Å². The minimum Gasteiger partial charge on any atom is -0.376 e. The highest BCUT2D eigenvalue weighted by Gasteiger charge is 2.34. The molecule has 0 bridgehead atoms. The number of anilines is 1. The number of nitrogens with one attached hydrogen (secondary N) is 1. The van der Waals surface area contributed by atoms with Crippen LogP contribution in [-0.4, -0.2) is 39.1 Å². The third-order valence-electron chi connectivity index (χ3n) is 8.08. The van der Waals surface area contributed by atoms with E-state index in [1.165, 1.54) is 16.6 Å². The molecule has 7 nitrogen and oxygen atoms in total. The second kappa shape index (κ2) is 10.2. The number of amides is 1. The minimum absolute atomic E-state index is 0.102. The normalized spacial score (nSPS) is 22.1. The molecule has 2 aromatic rings. The van der Waals surface area contributed by atoms with Crippen LogP contribution in [0.1, 0.15) is 87.0 Å². The van der Waals surface area contributed by atoms with Crippen LogP contribution in [0.25, 0.3) is 0 Å². The molecule has 2 fully saturated rings. The van der Waals surface area contributed by atoms with E-state index in [-0.39, 0.29) is 23.2 Å². The number of hydrogen-bond acceptors (Lipinski definition) is 7. The van der Waals surface area contributed by atoms with Crippen LogP contribution in [0.5, 0.6) is 0 Å². The number of carbonyl (C=O) groups excluding carboxylic acids is 1. The lowest BCUT2D eigenvalue weighted by Gasteiger charge is -2.36. The third-order valence-corrected chi connectivity index (χ3v) is 10.2. The Bertz CT molecular complexity index is 1120. The van der Waals surface area contributed by atoms with E-state index in [4.69, 9.17) is 4.74 Å². The number of fused-ring (bicyclic) bond motifs is 1. The predicted molar refractivity (Wildman–Crippen MR) is 139 cm³/mol. The van der Waals surface area contributed by atoms with Gasteiger partial charge < -0.3 is 14.6 Å². The van der Waals surface area contributed by atoms with Gasteiger partial charge >= 0.3 is 0 Å². The average molecular weight is 514 g/mol. The second-order valence-corrected chi connectivity index (χ2v) is 12.8. The van der Waals surface area contributed by atoms with Gasteiger partial charge in [-0.3, -0.25) is 4.79 Å². The fraction of sp³-hybridized carbons (Fsp3) is 0.692. The van der Waals surface area contributed by atoms with Gasteiger partial charge in [0.15, 0.2) is 5.16 Å². The first-order valence-corrected chi connectivity index (χ1v) is 14.7. The summed E-state index contributed by atoms with van der Waals surface area (Å²) in [6.07, 6.45) is 8.84. The minimum atomic E-state index is -0.102. The van der Waals surface area contributed by atoms with Gasteiger partial charge in [-0.15, -0.1) is 21.5 Å². The van der Waals surface area contributed by atoms with Crippen molar-refractivity contribution in [3.63, 3.8) is 0 Å². The molecule has 2 atom stereocenters. The summed E-state index contributed by atoms with van der Waals surface area (Å²) < 4.78 is 8.02. The van der Waals surface area contributed by atoms with E-state index in [0.717, 1.165) is 81.1 Å². The molecule has 1 saturated carbocycles. The molecule has 0 aromatic carbocycles. The zero-order valence-electron chi connectivity index (χ0n) is 20.9. The van der Waals surface area contributed by atoms with Crippen molar-refractivity contribution in [3.05, 3.63) is 21.8 Å². The first kappa shape index (κ1) is 24.8. The molecule has 3 heterocycles. The number of nitrogens with zero attached hydrogens (tertiary/aromatic N) is 4. The van der Waals surface area contributed by atoms with Gasteiger partial charge in [-0.1, -0.05) is 39.0 Å². The fourth-order valence-corrected chi connectivity index (χ4v) is 7.30. The number of thioether (sulfide) groups is 1. The summed E-state index contributed by atoms with van der Waals surface area (Å²) in [5.74, 6) is 2.28. The summed E-state index contributed by atoms with van der Waals surface area (Å²) in [5.41, 5.74) is 2.09. The monoisotopic (exact) mass is 513 g/mol. The van der Waals surface area contributed by atoms with Gasteiger partial charge in [0.2, 0.25) is 5.91 Å². The van der Waals surface area contributed by atoms with E-state index in [9.17, 15) is 10.1 Å². The Hall–Kier alpha value is -1.89. The van der Waals surface area contributed by atoms with Crippen LogP contribution < -0.4 is 5.32 Å². The molecule has 2 aromatic heterocycles. The lowest BCUT2D eigenvalue weighted by atomic mass is 9.69. The third kappa shape index (κ3) is 5.30. The summed E-state index contributed by atoms with van der Waals surface area (Å²) in [6.45, 7) is 8.51. The van der Waals surface area contributed by atoms with Gasteiger partial charge in [-0.2, -0.15) is 5.26 Å². The topological polar surface area (TPSA) is 92.8 Å². The van der Waals surface area contributed by atoms with Crippen LogP contribution in [0.3, 0.4) is 0 Å². The molecule has 5 rings (SSSR count). The van der Waals surface area contributed by atoms with E-state index in [0.29, 0.717) is 22.4 Å². The first-order chi connectivity index (χ1) is 16.9. The molecule has 2 unspecified atom stereocenters. The highest BCUT2D eigenvalue weighted by molar-refractivity contribution is 7.99. The van der Waals surface area contributed by atoms with Crippen molar-refractivity contribution < 1.29 is 9.53 Å². The molecule has 188 valence electrons. The van der Waals surface area contributed by atoms with Crippen LogP contribution in [0.2, 0.25) is 0 Å². The zero-order valence-corrected chi connectivity index (χ0v) is 22.6. The highest BCUT2D eigenvalue weighted by Crippen LogP contribution is 2.45. The fourth-order valence-electron chi connectivity index (χ4n) is 5.25. The van der Waals surface area contributed by atoms with Crippen LogP contribution >= 0.6 is 23.1 Å². The molecule has 35 heavy (non-hydrogen) atoms. The molecular formula is C26H35N5O2S2. The number of rotatable bonds is 9. The molecule has 9 heteroatoms. The number of ether oxygens (including phenoxy) is 1. The quantitative estimate of drug-likeness (QED) is 0.443. The molecule has 3 aliphatic rings. The van der Waals surface area contributed by atoms with Gasteiger partial charge in [-0.05, 0) is 61.8 Å². The average Bonchev–Trinajstić information content (AvgIpc) is 3.25. The van der Waals surface area contributed by atoms with Gasteiger partial charge in [0, 0.05) is 17.4 Å². The Kier molecular flexibility index (Phi) is 7.25. The molecule has 0 radical (unpaired) electrons. The van der Waals surface area contributed by atoms with E-state index < -0.39 is 0 Å². The van der Waals surface area contributed by atoms with E-state index in [1.54, 1.807) is 11.3 Å². The van der Waals surface area contributed by atoms with Crippen molar-refractivity contribution in [1.82, 2.24) is 14.8 Å². The summed E-state index contributed by atoms with van der Waals surface area (Å²) >= 11 is 3.02. The number of nitriles is 1. The molecular weight excluding hydrogens is 478 g/mol. The Morgan fingerprint density at radius 1 is 1.31 bits per heavy atom. The lowest BCUT2D eigenvalue weighted by Crippen LogP contribution is -2.28. The van der Waals surface area contributed by atoms with Crippen LogP contribution in [0.15, 0.2) is 5.16 Å². The molecule has 2 aliphatic carbocycles. The SMILES string of the molecule is CCC(C)(C)C1CCc2c(sc(NC(=O)CSc3nnc(C4CC4)n3CC3CCCO3)c2C#N)C1. The summed E-state index contributed by atoms with van der Waals surface area (Å²) in [7, 11) is 0. The molecule has 1 aliphatic heterocycles. The molecule has 0 spiro atoms. The van der Waals surface area contributed by atoms with Crippen molar-refractivity contribution in [2.24, 2.45) is 11.3 Å². The predicted octanol–water partition coefficient (Wildman–Crippen LogP) is 5.54. The van der Waals surface area contributed by atoms with Crippen molar-refractivity contribution >= 4 is 34.0 Å². The highest BCUT2D eigenvalue weighted by atomic mass is 32.2. The Balaban J connectivity index is 1.25. The maximum absolute atomic E-state index is 12.9. The largest absolute Gasteiger partial charge is 0.376 e. The Morgan fingerprint density at radius 2 is 2.14 bits per heavy atom. The Labute approximate surface area is 216 Å². The number of aromatic nitrogens is 3. The van der Waals surface area contributed by atoms with Crippen LogP contribution in [0, 0.1) is 22.7 Å². The smallest absolute Gasteiger partial charge is 0.235 e. The van der Waals surface area contributed by atoms with Gasteiger partial charge in [0.1, 0.15) is 16.9 Å².